The van der Waals surface area contributed by atoms with Crippen LogP contribution in [0.4, 0.5) is 5.82 Å². The van der Waals surface area contributed by atoms with E-state index in [0.29, 0.717) is 11.6 Å². The van der Waals surface area contributed by atoms with Gasteiger partial charge in [0.15, 0.2) is 11.5 Å². The second-order valence-corrected chi connectivity index (χ2v) is 5.23. The fourth-order valence-corrected chi connectivity index (χ4v) is 2.00. The number of aromatic nitrogens is 4. The monoisotopic (exact) mass is 324 g/mol. The van der Waals surface area contributed by atoms with E-state index in [9.17, 15) is 4.79 Å². The first-order chi connectivity index (χ1) is 11.6. The highest BCUT2D eigenvalue weighted by molar-refractivity contribution is 5.92. The van der Waals surface area contributed by atoms with Gasteiger partial charge in [-0.05, 0) is 18.2 Å². The van der Waals surface area contributed by atoms with E-state index in [0.717, 1.165) is 11.4 Å². The van der Waals surface area contributed by atoms with E-state index < -0.39 is 0 Å². The molecule has 0 aliphatic heterocycles. The lowest BCUT2D eigenvalue weighted by Crippen LogP contribution is -2.24. The van der Waals surface area contributed by atoms with Crippen LogP contribution in [-0.4, -0.2) is 40.1 Å². The van der Waals surface area contributed by atoms with Crippen LogP contribution in [0.2, 0.25) is 0 Å². The van der Waals surface area contributed by atoms with Crippen molar-refractivity contribution < 1.29 is 9.32 Å². The van der Waals surface area contributed by atoms with Gasteiger partial charge < -0.3 is 14.7 Å². The quantitative estimate of drug-likeness (QED) is 0.760. The van der Waals surface area contributed by atoms with Crippen molar-refractivity contribution in [2.45, 2.75) is 6.54 Å². The molecule has 0 saturated heterocycles. The zero-order chi connectivity index (χ0) is 16.9. The molecule has 0 saturated carbocycles. The van der Waals surface area contributed by atoms with E-state index in [-0.39, 0.29) is 18.1 Å². The van der Waals surface area contributed by atoms with Crippen molar-refractivity contribution in [1.82, 2.24) is 25.4 Å². The van der Waals surface area contributed by atoms with Gasteiger partial charge in [0.05, 0.1) is 6.54 Å². The van der Waals surface area contributed by atoms with Gasteiger partial charge in [0, 0.05) is 44.3 Å². The lowest BCUT2D eigenvalue weighted by atomic mass is 10.2. The summed E-state index contributed by atoms with van der Waals surface area (Å²) in [5.41, 5.74) is 0.948. The molecule has 0 aliphatic rings. The molecule has 122 valence electrons. The summed E-state index contributed by atoms with van der Waals surface area (Å²) < 4.78 is 5.19. The second-order valence-electron chi connectivity index (χ2n) is 5.23. The predicted molar refractivity (Wildman–Crippen MR) is 87.3 cm³/mol. The summed E-state index contributed by atoms with van der Waals surface area (Å²) in [5.74, 6) is 1.42. The maximum absolute atomic E-state index is 12.2. The first kappa shape index (κ1) is 15.6. The van der Waals surface area contributed by atoms with Crippen LogP contribution in [0.3, 0.4) is 0 Å². The Morgan fingerprint density at radius 1 is 1.29 bits per heavy atom. The highest BCUT2D eigenvalue weighted by atomic mass is 16.5. The number of hydrogen-bond donors (Lipinski definition) is 1. The number of pyridine rings is 1. The molecule has 0 spiro atoms. The minimum absolute atomic E-state index is 0.192. The molecule has 0 aromatic carbocycles. The second kappa shape index (κ2) is 6.86. The summed E-state index contributed by atoms with van der Waals surface area (Å²) in [6, 6.07) is 6.98. The van der Waals surface area contributed by atoms with Crippen molar-refractivity contribution in [2.75, 3.05) is 19.0 Å². The summed E-state index contributed by atoms with van der Waals surface area (Å²) in [5, 5.41) is 6.51. The molecule has 0 bridgehead atoms. The molecule has 0 fully saturated rings. The average molecular weight is 324 g/mol. The van der Waals surface area contributed by atoms with Gasteiger partial charge >= 0.3 is 0 Å². The molecule has 8 heteroatoms. The number of nitrogens with one attached hydrogen (secondary N) is 1. The number of nitrogens with zero attached hydrogens (tertiary/aromatic N) is 5. The van der Waals surface area contributed by atoms with Crippen LogP contribution < -0.4 is 10.2 Å². The smallest absolute Gasteiger partial charge is 0.273 e. The van der Waals surface area contributed by atoms with Gasteiger partial charge in [0.1, 0.15) is 11.6 Å². The molecule has 8 nitrogen and oxygen atoms in total. The molecule has 3 heterocycles. The lowest BCUT2D eigenvalue weighted by Gasteiger charge is -2.11. The molecule has 1 N–H and O–H groups in total. The van der Waals surface area contributed by atoms with Gasteiger partial charge in [-0.15, -0.1) is 0 Å². The average Bonchev–Trinajstić information content (AvgIpc) is 3.11. The van der Waals surface area contributed by atoms with Gasteiger partial charge in [-0.1, -0.05) is 5.16 Å². The molecule has 3 aromatic heterocycles. The third kappa shape index (κ3) is 3.54. The van der Waals surface area contributed by atoms with Gasteiger partial charge in [-0.3, -0.25) is 9.78 Å². The van der Waals surface area contributed by atoms with E-state index in [1.807, 2.05) is 25.1 Å². The standard InChI is InChI=1S/C16H16N6O2/c1-22(2)15-5-7-18-14(20-15)10-19-16(23)12-8-13(24-21-12)11-4-3-6-17-9-11/h3-9H,10H2,1-2H3,(H,19,23). The Morgan fingerprint density at radius 3 is 2.92 bits per heavy atom. The van der Waals surface area contributed by atoms with E-state index >= 15 is 0 Å². The third-order valence-electron chi connectivity index (χ3n) is 3.24. The van der Waals surface area contributed by atoms with Crippen LogP contribution in [-0.2, 0) is 6.54 Å². The highest BCUT2D eigenvalue weighted by Crippen LogP contribution is 2.18. The Balaban J connectivity index is 1.66. The first-order valence-corrected chi connectivity index (χ1v) is 7.28. The summed E-state index contributed by atoms with van der Waals surface area (Å²) in [6.45, 7) is 0.204. The largest absolute Gasteiger partial charge is 0.363 e. The molecule has 1 amide bonds. The van der Waals surface area contributed by atoms with Gasteiger partial charge in [-0.2, -0.15) is 0 Å². The van der Waals surface area contributed by atoms with Crippen LogP contribution >= 0.6 is 0 Å². The van der Waals surface area contributed by atoms with Crippen LogP contribution in [0.1, 0.15) is 16.3 Å². The molecular weight excluding hydrogens is 308 g/mol. The molecule has 0 aliphatic carbocycles. The number of carbonyl (C=O) groups is 1. The van der Waals surface area contributed by atoms with E-state index in [2.05, 4.69) is 25.4 Å². The predicted octanol–water partition coefficient (Wildman–Crippen LogP) is 1.52. The number of carbonyl (C=O) groups excluding carboxylic acids is 1. The van der Waals surface area contributed by atoms with Crippen LogP contribution in [0.15, 0.2) is 47.4 Å². The van der Waals surface area contributed by atoms with Crippen molar-refractivity contribution in [3.63, 3.8) is 0 Å². The summed E-state index contributed by atoms with van der Waals surface area (Å²) in [7, 11) is 3.78. The fourth-order valence-electron chi connectivity index (χ4n) is 2.00. The highest BCUT2D eigenvalue weighted by Gasteiger charge is 2.14. The van der Waals surface area contributed by atoms with Crippen molar-refractivity contribution in [3.8, 4) is 11.3 Å². The summed E-state index contributed by atoms with van der Waals surface area (Å²) >= 11 is 0. The van der Waals surface area contributed by atoms with E-state index in [1.54, 1.807) is 36.8 Å². The van der Waals surface area contributed by atoms with Gasteiger partial charge in [-0.25, -0.2) is 9.97 Å². The van der Waals surface area contributed by atoms with Crippen molar-refractivity contribution >= 4 is 11.7 Å². The zero-order valence-corrected chi connectivity index (χ0v) is 13.3. The van der Waals surface area contributed by atoms with Crippen molar-refractivity contribution in [3.05, 3.63) is 54.4 Å². The Morgan fingerprint density at radius 2 is 2.17 bits per heavy atom. The SMILES string of the molecule is CN(C)c1ccnc(CNC(=O)c2cc(-c3cccnc3)on2)n1. The number of hydrogen-bond acceptors (Lipinski definition) is 7. The number of anilines is 1. The maximum Gasteiger partial charge on any atom is 0.273 e. The molecule has 0 unspecified atom stereocenters. The van der Waals surface area contributed by atoms with Crippen molar-refractivity contribution in [1.29, 1.82) is 0 Å². The zero-order valence-electron chi connectivity index (χ0n) is 13.3. The molecule has 0 atom stereocenters. The van der Waals surface area contributed by atoms with Gasteiger partial charge in [0.2, 0.25) is 0 Å². The Bertz CT molecular complexity index is 831. The topological polar surface area (TPSA) is 97.0 Å². The molecule has 3 aromatic rings. The lowest BCUT2D eigenvalue weighted by molar-refractivity contribution is 0.0941. The maximum atomic E-state index is 12.2. The minimum Gasteiger partial charge on any atom is -0.363 e. The van der Waals surface area contributed by atoms with E-state index in [4.69, 9.17) is 4.52 Å². The normalized spacial score (nSPS) is 10.4. The first-order valence-electron chi connectivity index (χ1n) is 7.28. The van der Waals surface area contributed by atoms with Crippen LogP contribution in [0, 0.1) is 0 Å². The summed E-state index contributed by atoms with van der Waals surface area (Å²) in [6.07, 6.45) is 4.96. The molecule has 3 rings (SSSR count). The van der Waals surface area contributed by atoms with Crippen LogP contribution in [0.25, 0.3) is 11.3 Å². The third-order valence-corrected chi connectivity index (χ3v) is 3.24. The van der Waals surface area contributed by atoms with Crippen molar-refractivity contribution in [2.24, 2.45) is 0 Å². The Labute approximate surface area is 138 Å². The molecule has 24 heavy (non-hydrogen) atoms. The Hall–Kier alpha value is -3.29. The molecular formula is C16H16N6O2. The summed E-state index contributed by atoms with van der Waals surface area (Å²) in [4.78, 5) is 26.5. The fraction of sp³-hybridized carbons (Fsp3) is 0.188. The number of rotatable bonds is 5. The van der Waals surface area contributed by atoms with Gasteiger partial charge in [0.25, 0.3) is 5.91 Å². The molecule has 0 radical (unpaired) electrons. The van der Waals surface area contributed by atoms with E-state index in [1.165, 1.54) is 0 Å². The Kier molecular flexibility index (Phi) is 4.46. The van der Waals surface area contributed by atoms with Crippen LogP contribution in [0.5, 0.6) is 0 Å². The minimum atomic E-state index is -0.354. The number of amides is 1.